The van der Waals surface area contributed by atoms with E-state index in [2.05, 4.69) is 15.5 Å². The number of benzene rings is 1. The van der Waals surface area contributed by atoms with Gasteiger partial charge in [0.15, 0.2) is 0 Å². The first-order valence-electron chi connectivity index (χ1n) is 8.52. The van der Waals surface area contributed by atoms with Crippen LogP contribution in [0.25, 0.3) is 0 Å². The van der Waals surface area contributed by atoms with Crippen molar-refractivity contribution >= 4 is 23.5 Å². The van der Waals surface area contributed by atoms with Crippen LogP contribution in [0.2, 0.25) is 0 Å². The molecule has 0 aliphatic carbocycles. The smallest absolute Gasteiger partial charge is 0.379 e. The van der Waals surface area contributed by atoms with Gasteiger partial charge in [-0.1, -0.05) is 12.1 Å². The molecule has 0 bridgehead atoms. The van der Waals surface area contributed by atoms with Crippen molar-refractivity contribution in [3.8, 4) is 0 Å². The van der Waals surface area contributed by atoms with Crippen molar-refractivity contribution in [1.82, 2.24) is 10.2 Å². The van der Waals surface area contributed by atoms with E-state index >= 15 is 0 Å². The Morgan fingerprint density at radius 2 is 2.00 bits per heavy atom. The molecule has 9 heteroatoms. The summed E-state index contributed by atoms with van der Waals surface area (Å²) in [7, 11) is 0. The lowest BCUT2D eigenvalue weighted by molar-refractivity contribution is -0.136. The average Bonchev–Trinajstić information content (AvgIpc) is 3.11. The number of halogens is 3. The predicted molar refractivity (Wildman–Crippen MR) is 95.5 cm³/mol. The summed E-state index contributed by atoms with van der Waals surface area (Å²) in [5.41, 5.74) is -1.25. The fraction of sp³-hybridized carbons (Fsp3) is 0.588. The summed E-state index contributed by atoms with van der Waals surface area (Å²) in [6.45, 7) is 3.34. The highest BCUT2D eigenvalue weighted by Crippen LogP contribution is 2.35. The minimum absolute atomic E-state index is 0.157. The Bertz CT molecular complexity index is 630. The second-order valence-electron chi connectivity index (χ2n) is 6.48. The molecular formula is C17H22F3N3O2S. The van der Waals surface area contributed by atoms with E-state index in [1.54, 1.807) is 0 Å². The van der Waals surface area contributed by atoms with Gasteiger partial charge >= 0.3 is 12.2 Å². The summed E-state index contributed by atoms with van der Waals surface area (Å²) in [6, 6.07) is 4.36. The number of thioether (sulfide) groups is 1. The quantitative estimate of drug-likeness (QED) is 0.831. The van der Waals surface area contributed by atoms with Crippen LogP contribution in [0.3, 0.4) is 0 Å². The Morgan fingerprint density at radius 1 is 1.27 bits per heavy atom. The standard InChI is InChI=1S/C17H22F3N3O2S/c18-17(19,20)13-3-1-2-4-14(13)22-15(24)21-11-16(5-10-26-12-16)23-6-8-25-9-7-23/h1-4H,5-12H2,(H2,21,22,24). The molecule has 26 heavy (non-hydrogen) atoms. The molecule has 1 unspecified atom stereocenters. The van der Waals surface area contributed by atoms with Crippen LogP contribution in [-0.4, -0.2) is 60.8 Å². The lowest BCUT2D eigenvalue weighted by atomic mass is 9.95. The first-order valence-corrected chi connectivity index (χ1v) is 9.68. The molecule has 2 aliphatic heterocycles. The summed E-state index contributed by atoms with van der Waals surface area (Å²) >= 11 is 1.83. The normalized spacial score (nSPS) is 24.4. The number of nitrogens with zero attached hydrogens (tertiary/aromatic N) is 1. The van der Waals surface area contributed by atoms with Crippen molar-refractivity contribution in [2.24, 2.45) is 0 Å². The molecule has 5 nitrogen and oxygen atoms in total. The van der Waals surface area contributed by atoms with E-state index < -0.39 is 17.8 Å². The van der Waals surface area contributed by atoms with Crippen molar-refractivity contribution in [2.75, 3.05) is 49.7 Å². The maximum Gasteiger partial charge on any atom is 0.418 e. The molecule has 1 aromatic rings. The summed E-state index contributed by atoms with van der Waals surface area (Å²) in [6.07, 6.45) is -3.57. The number of morpholine rings is 1. The third-order valence-electron chi connectivity index (χ3n) is 4.82. The maximum absolute atomic E-state index is 13.0. The zero-order valence-corrected chi connectivity index (χ0v) is 15.1. The number of nitrogens with one attached hydrogen (secondary N) is 2. The summed E-state index contributed by atoms with van der Waals surface area (Å²) in [5, 5.41) is 5.12. The molecule has 2 N–H and O–H groups in total. The second-order valence-corrected chi connectivity index (χ2v) is 7.58. The van der Waals surface area contributed by atoms with Crippen LogP contribution in [0.1, 0.15) is 12.0 Å². The van der Waals surface area contributed by atoms with E-state index in [1.807, 2.05) is 11.8 Å². The molecule has 2 amide bonds. The molecule has 0 saturated carbocycles. The molecular weight excluding hydrogens is 367 g/mol. The van der Waals surface area contributed by atoms with Crippen molar-refractivity contribution in [3.05, 3.63) is 29.8 Å². The predicted octanol–water partition coefficient (Wildman–Crippen LogP) is 3.03. The molecule has 0 aromatic heterocycles. The largest absolute Gasteiger partial charge is 0.418 e. The number of carbonyl (C=O) groups is 1. The molecule has 2 aliphatic rings. The summed E-state index contributed by atoms with van der Waals surface area (Å²) < 4.78 is 44.5. The van der Waals surface area contributed by atoms with Crippen LogP contribution in [-0.2, 0) is 10.9 Å². The molecule has 144 valence electrons. The number of hydrogen-bond acceptors (Lipinski definition) is 4. The van der Waals surface area contributed by atoms with Crippen molar-refractivity contribution < 1.29 is 22.7 Å². The molecule has 2 heterocycles. The topological polar surface area (TPSA) is 53.6 Å². The van der Waals surface area contributed by atoms with Crippen LogP contribution >= 0.6 is 11.8 Å². The van der Waals surface area contributed by atoms with Gasteiger partial charge in [-0.05, 0) is 24.3 Å². The Kier molecular flexibility index (Phi) is 5.99. The maximum atomic E-state index is 13.0. The van der Waals surface area contributed by atoms with E-state index in [1.165, 1.54) is 18.2 Å². The number of ether oxygens (including phenoxy) is 1. The van der Waals surface area contributed by atoms with Crippen LogP contribution in [0.15, 0.2) is 24.3 Å². The van der Waals surface area contributed by atoms with Crippen molar-refractivity contribution in [2.45, 2.75) is 18.1 Å². The number of alkyl halides is 3. The Labute approximate surface area is 154 Å². The van der Waals surface area contributed by atoms with E-state index in [-0.39, 0.29) is 11.2 Å². The Balaban J connectivity index is 1.63. The highest BCUT2D eigenvalue weighted by molar-refractivity contribution is 7.99. The fourth-order valence-corrected chi connectivity index (χ4v) is 4.86. The number of hydrogen-bond donors (Lipinski definition) is 2. The zero-order valence-electron chi connectivity index (χ0n) is 14.3. The van der Waals surface area contributed by atoms with Gasteiger partial charge in [-0.25, -0.2) is 4.79 Å². The molecule has 0 spiro atoms. The lowest BCUT2D eigenvalue weighted by Gasteiger charge is -2.43. The van der Waals surface area contributed by atoms with E-state index in [9.17, 15) is 18.0 Å². The first kappa shape index (κ1) is 19.3. The molecule has 2 fully saturated rings. The van der Waals surface area contributed by atoms with Crippen LogP contribution in [0, 0.1) is 0 Å². The van der Waals surface area contributed by atoms with E-state index in [0.717, 1.165) is 37.1 Å². The highest BCUT2D eigenvalue weighted by Gasteiger charge is 2.41. The number of rotatable bonds is 4. The van der Waals surface area contributed by atoms with E-state index in [4.69, 9.17) is 4.74 Å². The highest BCUT2D eigenvalue weighted by atomic mass is 32.2. The van der Waals surface area contributed by atoms with Gasteiger partial charge in [-0.3, -0.25) is 4.90 Å². The first-order chi connectivity index (χ1) is 12.4. The van der Waals surface area contributed by atoms with Crippen molar-refractivity contribution in [3.63, 3.8) is 0 Å². The number of anilines is 1. The third-order valence-corrected chi connectivity index (χ3v) is 6.06. The lowest BCUT2D eigenvalue weighted by Crippen LogP contribution is -2.59. The monoisotopic (exact) mass is 389 g/mol. The molecule has 1 aromatic carbocycles. The molecule has 1 atom stereocenters. The number of urea groups is 1. The zero-order chi connectivity index (χ0) is 18.6. The Morgan fingerprint density at radius 3 is 2.65 bits per heavy atom. The number of carbonyl (C=O) groups excluding carboxylic acids is 1. The number of para-hydroxylation sites is 1. The molecule has 2 saturated heterocycles. The number of amides is 2. The van der Waals surface area contributed by atoms with Gasteiger partial charge in [0.05, 0.1) is 24.5 Å². The summed E-state index contributed by atoms with van der Waals surface area (Å²) in [5.74, 6) is 1.91. The van der Waals surface area contributed by atoms with Crippen LogP contribution < -0.4 is 10.6 Å². The molecule has 0 radical (unpaired) electrons. The average molecular weight is 389 g/mol. The van der Waals surface area contributed by atoms with Crippen LogP contribution in [0.4, 0.5) is 23.7 Å². The fourth-order valence-electron chi connectivity index (χ4n) is 3.39. The van der Waals surface area contributed by atoms with Gasteiger partial charge in [0.25, 0.3) is 0 Å². The van der Waals surface area contributed by atoms with Gasteiger partial charge in [0.1, 0.15) is 0 Å². The minimum Gasteiger partial charge on any atom is -0.379 e. The third kappa shape index (κ3) is 4.44. The van der Waals surface area contributed by atoms with E-state index in [0.29, 0.717) is 19.8 Å². The minimum atomic E-state index is -4.51. The van der Waals surface area contributed by atoms with Crippen molar-refractivity contribution in [1.29, 1.82) is 0 Å². The SMILES string of the molecule is O=C(NCC1(N2CCOCC2)CCSC1)Nc1ccccc1C(F)(F)F. The van der Waals surface area contributed by atoms with Crippen LogP contribution in [0.5, 0.6) is 0 Å². The van der Waals surface area contributed by atoms with Gasteiger partial charge in [-0.2, -0.15) is 24.9 Å². The van der Waals surface area contributed by atoms with Gasteiger partial charge in [-0.15, -0.1) is 0 Å². The second kappa shape index (κ2) is 8.06. The van der Waals surface area contributed by atoms with Gasteiger partial charge in [0, 0.05) is 30.9 Å². The summed E-state index contributed by atoms with van der Waals surface area (Å²) in [4.78, 5) is 14.6. The van der Waals surface area contributed by atoms with Gasteiger partial charge in [0.2, 0.25) is 0 Å². The molecule has 3 rings (SSSR count). The Hall–Kier alpha value is -1.45. The van der Waals surface area contributed by atoms with Gasteiger partial charge < -0.3 is 15.4 Å².